The lowest BCUT2D eigenvalue weighted by Crippen LogP contribution is -2.13. The fourth-order valence-corrected chi connectivity index (χ4v) is 1.30. The minimum atomic E-state index is -0.697. The van der Waals surface area contributed by atoms with Gasteiger partial charge in [-0.05, 0) is 30.5 Å². The Bertz CT molecular complexity index is 355. The van der Waals surface area contributed by atoms with Crippen LogP contribution in [0.5, 0.6) is 0 Å². The van der Waals surface area contributed by atoms with Gasteiger partial charge in [-0.1, -0.05) is 0 Å². The summed E-state index contributed by atoms with van der Waals surface area (Å²) in [4.78, 5) is 14.8. The predicted octanol–water partition coefficient (Wildman–Crippen LogP) is 0.326. The SMILES string of the molecule is CC(=O)Nc1cc(CCC(O)CO)ccn1. The number of nitrogens with one attached hydrogen (secondary N) is 1. The first-order chi connectivity index (χ1) is 7.61. The van der Waals surface area contributed by atoms with Crippen LogP contribution in [0.4, 0.5) is 5.82 Å². The number of carbonyl (C=O) groups is 1. The molecule has 3 N–H and O–H groups in total. The maximum absolute atomic E-state index is 10.8. The van der Waals surface area contributed by atoms with E-state index in [0.717, 1.165) is 5.56 Å². The third kappa shape index (κ3) is 4.37. The van der Waals surface area contributed by atoms with Crippen LogP contribution < -0.4 is 5.32 Å². The van der Waals surface area contributed by atoms with Crippen molar-refractivity contribution < 1.29 is 15.0 Å². The number of hydrogen-bond acceptors (Lipinski definition) is 4. The second-order valence-electron chi connectivity index (χ2n) is 3.61. The van der Waals surface area contributed by atoms with Crippen LogP contribution in [0.2, 0.25) is 0 Å². The number of amides is 1. The highest BCUT2D eigenvalue weighted by atomic mass is 16.3. The van der Waals surface area contributed by atoms with Crippen molar-refractivity contribution in [2.24, 2.45) is 0 Å². The first-order valence-corrected chi connectivity index (χ1v) is 5.13. The zero-order valence-electron chi connectivity index (χ0n) is 9.18. The molecule has 0 saturated carbocycles. The number of hydrogen-bond donors (Lipinski definition) is 3. The Kier molecular flexibility index (Phi) is 4.88. The van der Waals surface area contributed by atoms with Crippen molar-refractivity contribution in [1.29, 1.82) is 0 Å². The molecule has 0 aliphatic rings. The summed E-state index contributed by atoms with van der Waals surface area (Å²) in [5, 5.41) is 20.5. The van der Waals surface area contributed by atoms with Gasteiger partial charge in [-0.2, -0.15) is 0 Å². The number of rotatable bonds is 5. The molecule has 0 radical (unpaired) electrons. The van der Waals surface area contributed by atoms with E-state index >= 15 is 0 Å². The third-order valence-electron chi connectivity index (χ3n) is 2.11. The van der Waals surface area contributed by atoms with E-state index < -0.39 is 6.10 Å². The summed E-state index contributed by atoms with van der Waals surface area (Å²) < 4.78 is 0. The average molecular weight is 224 g/mol. The van der Waals surface area contributed by atoms with Crippen LogP contribution in [0.25, 0.3) is 0 Å². The van der Waals surface area contributed by atoms with Crippen molar-refractivity contribution in [2.45, 2.75) is 25.9 Å². The van der Waals surface area contributed by atoms with Gasteiger partial charge in [0.25, 0.3) is 0 Å². The van der Waals surface area contributed by atoms with Gasteiger partial charge in [-0.15, -0.1) is 0 Å². The molecule has 0 spiro atoms. The molecule has 0 aliphatic heterocycles. The molecule has 1 unspecified atom stereocenters. The molecule has 0 fully saturated rings. The summed E-state index contributed by atoms with van der Waals surface area (Å²) >= 11 is 0. The zero-order valence-corrected chi connectivity index (χ0v) is 9.18. The maximum Gasteiger partial charge on any atom is 0.222 e. The molecule has 1 atom stereocenters. The fraction of sp³-hybridized carbons (Fsp3) is 0.455. The van der Waals surface area contributed by atoms with Crippen molar-refractivity contribution in [3.8, 4) is 0 Å². The zero-order chi connectivity index (χ0) is 12.0. The molecule has 5 nitrogen and oxygen atoms in total. The number of carbonyl (C=O) groups excluding carboxylic acids is 1. The standard InChI is InChI=1S/C11H16N2O3/c1-8(15)13-11-6-9(4-5-12-11)2-3-10(16)7-14/h4-6,10,14,16H,2-3,7H2,1H3,(H,12,13,15). The van der Waals surface area contributed by atoms with Crippen LogP contribution in [0.1, 0.15) is 18.9 Å². The van der Waals surface area contributed by atoms with Crippen molar-refractivity contribution in [1.82, 2.24) is 4.98 Å². The molecule has 1 aromatic heterocycles. The lowest BCUT2D eigenvalue weighted by molar-refractivity contribution is -0.114. The summed E-state index contributed by atoms with van der Waals surface area (Å²) in [6.07, 6.45) is 2.03. The van der Waals surface area contributed by atoms with Crippen LogP contribution in [0.15, 0.2) is 18.3 Å². The van der Waals surface area contributed by atoms with E-state index in [2.05, 4.69) is 10.3 Å². The lowest BCUT2D eigenvalue weighted by Gasteiger charge is -2.07. The molecule has 0 saturated heterocycles. The Morgan fingerprint density at radius 1 is 1.62 bits per heavy atom. The van der Waals surface area contributed by atoms with Gasteiger partial charge in [0.1, 0.15) is 5.82 Å². The summed E-state index contributed by atoms with van der Waals surface area (Å²) in [5.74, 6) is 0.337. The summed E-state index contributed by atoms with van der Waals surface area (Å²) in [6, 6.07) is 3.57. The van der Waals surface area contributed by atoms with Crippen molar-refractivity contribution in [2.75, 3.05) is 11.9 Å². The van der Waals surface area contributed by atoms with E-state index in [1.54, 1.807) is 12.3 Å². The molecule has 1 heterocycles. The second kappa shape index (κ2) is 6.19. The summed E-state index contributed by atoms with van der Waals surface area (Å²) in [7, 11) is 0. The van der Waals surface area contributed by atoms with Crippen molar-refractivity contribution in [3.63, 3.8) is 0 Å². The quantitative estimate of drug-likeness (QED) is 0.673. The number of pyridine rings is 1. The van der Waals surface area contributed by atoms with Gasteiger partial charge in [0.05, 0.1) is 12.7 Å². The van der Waals surface area contributed by atoms with Crippen LogP contribution in [-0.2, 0) is 11.2 Å². The Morgan fingerprint density at radius 3 is 3.00 bits per heavy atom. The molecule has 88 valence electrons. The Balaban J connectivity index is 2.56. The minimum absolute atomic E-state index is 0.167. The molecule has 5 heteroatoms. The van der Waals surface area contributed by atoms with Gasteiger partial charge in [-0.3, -0.25) is 4.79 Å². The topological polar surface area (TPSA) is 82.5 Å². The van der Waals surface area contributed by atoms with Crippen LogP contribution in [-0.4, -0.2) is 33.8 Å². The molecule has 1 aromatic rings. The van der Waals surface area contributed by atoms with E-state index in [9.17, 15) is 9.90 Å². The van der Waals surface area contributed by atoms with Gasteiger partial charge < -0.3 is 15.5 Å². The smallest absolute Gasteiger partial charge is 0.222 e. The Hall–Kier alpha value is -1.46. The van der Waals surface area contributed by atoms with E-state index in [1.165, 1.54) is 6.92 Å². The Morgan fingerprint density at radius 2 is 2.38 bits per heavy atom. The highest BCUT2D eigenvalue weighted by molar-refractivity contribution is 5.87. The minimum Gasteiger partial charge on any atom is -0.394 e. The molecule has 0 aromatic carbocycles. The predicted molar refractivity (Wildman–Crippen MR) is 60.0 cm³/mol. The van der Waals surface area contributed by atoms with Crippen molar-refractivity contribution >= 4 is 11.7 Å². The monoisotopic (exact) mass is 224 g/mol. The summed E-state index contributed by atoms with van der Waals surface area (Å²) in [6.45, 7) is 1.19. The highest BCUT2D eigenvalue weighted by Crippen LogP contribution is 2.10. The van der Waals surface area contributed by atoms with Gasteiger partial charge >= 0.3 is 0 Å². The lowest BCUT2D eigenvalue weighted by atomic mass is 10.1. The number of aromatic nitrogens is 1. The fourth-order valence-electron chi connectivity index (χ4n) is 1.30. The average Bonchev–Trinajstić information content (AvgIpc) is 2.25. The van der Waals surface area contributed by atoms with Gasteiger partial charge in [0, 0.05) is 13.1 Å². The van der Waals surface area contributed by atoms with E-state index in [1.807, 2.05) is 6.07 Å². The van der Waals surface area contributed by atoms with Gasteiger partial charge in [0.15, 0.2) is 0 Å². The maximum atomic E-state index is 10.8. The molecule has 1 amide bonds. The van der Waals surface area contributed by atoms with E-state index in [4.69, 9.17) is 5.11 Å². The first kappa shape index (κ1) is 12.6. The van der Waals surface area contributed by atoms with E-state index in [0.29, 0.717) is 18.7 Å². The number of aliphatic hydroxyl groups excluding tert-OH is 2. The molecular formula is C11H16N2O3. The normalized spacial score (nSPS) is 12.2. The summed E-state index contributed by atoms with van der Waals surface area (Å²) in [5.41, 5.74) is 0.964. The van der Waals surface area contributed by atoms with Crippen LogP contribution >= 0.6 is 0 Å². The van der Waals surface area contributed by atoms with Crippen molar-refractivity contribution in [3.05, 3.63) is 23.9 Å². The second-order valence-corrected chi connectivity index (χ2v) is 3.61. The van der Waals surface area contributed by atoms with Crippen LogP contribution in [0.3, 0.4) is 0 Å². The first-order valence-electron chi connectivity index (χ1n) is 5.13. The molecule has 1 rings (SSSR count). The third-order valence-corrected chi connectivity index (χ3v) is 2.11. The Labute approximate surface area is 94.1 Å². The van der Waals surface area contributed by atoms with Gasteiger partial charge in [0.2, 0.25) is 5.91 Å². The molecular weight excluding hydrogens is 208 g/mol. The number of aryl methyl sites for hydroxylation is 1. The number of nitrogens with zero attached hydrogens (tertiary/aromatic N) is 1. The molecule has 0 bridgehead atoms. The number of anilines is 1. The van der Waals surface area contributed by atoms with E-state index in [-0.39, 0.29) is 12.5 Å². The van der Waals surface area contributed by atoms with Crippen LogP contribution in [0, 0.1) is 0 Å². The highest BCUT2D eigenvalue weighted by Gasteiger charge is 2.04. The molecule has 16 heavy (non-hydrogen) atoms. The number of aliphatic hydroxyl groups is 2. The van der Waals surface area contributed by atoms with Gasteiger partial charge in [-0.25, -0.2) is 4.98 Å². The molecule has 0 aliphatic carbocycles. The largest absolute Gasteiger partial charge is 0.394 e.